The summed E-state index contributed by atoms with van der Waals surface area (Å²) in [5.41, 5.74) is 1.82. The molecule has 2 N–H and O–H groups in total. The maximum absolute atomic E-state index is 10.8. The first kappa shape index (κ1) is 12.2. The van der Waals surface area contributed by atoms with Gasteiger partial charge in [0.1, 0.15) is 0 Å². The molecular weight excluding hydrogens is 206 g/mol. The molecule has 1 aromatic rings. The summed E-state index contributed by atoms with van der Waals surface area (Å²) in [6.07, 6.45) is 1.98. The number of anilines is 1. The average molecular weight is 221 g/mol. The van der Waals surface area contributed by atoms with Crippen LogP contribution in [0.2, 0.25) is 0 Å². The number of nitrogens with one attached hydrogen (secondary N) is 1. The van der Waals surface area contributed by atoms with Crippen molar-refractivity contribution in [3.05, 3.63) is 29.1 Å². The molecule has 0 saturated carbocycles. The van der Waals surface area contributed by atoms with Gasteiger partial charge in [-0.05, 0) is 26.8 Å². The second-order valence-corrected chi connectivity index (χ2v) is 3.69. The van der Waals surface area contributed by atoms with Crippen LogP contribution in [0.15, 0.2) is 17.7 Å². The van der Waals surface area contributed by atoms with Gasteiger partial charge >= 0.3 is 5.97 Å². The van der Waals surface area contributed by atoms with Gasteiger partial charge < -0.3 is 10.4 Å². The standard InChI is InChI=1S/C11H15N3O2/c1-7(2)4-5-12-11-13-8(3)6-9(14-11)10(15)16/h4,6H,5H2,1-3H3,(H,15,16)(H,12,13,14). The molecular formula is C11H15N3O2. The predicted octanol–water partition coefficient (Wildman–Crippen LogP) is 1.86. The Balaban J connectivity index is 2.80. The number of hydrogen-bond donors (Lipinski definition) is 2. The molecule has 0 aromatic carbocycles. The third-order valence-electron chi connectivity index (χ3n) is 1.84. The van der Waals surface area contributed by atoms with Crippen LogP contribution in [0.5, 0.6) is 0 Å². The first-order valence-electron chi connectivity index (χ1n) is 4.95. The number of aromatic carboxylic acids is 1. The van der Waals surface area contributed by atoms with E-state index in [1.807, 2.05) is 19.9 Å². The number of aryl methyl sites for hydroxylation is 1. The summed E-state index contributed by atoms with van der Waals surface area (Å²) in [5, 5.41) is 11.8. The number of carbonyl (C=O) groups is 1. The Kier molecular flexibility index (Phi) is 3.99. The van der Waals surface area contributed by atoms with E-state index in [9.17, 15) is 4.79 Å². The van der Waals surface area contributed by atoms with Crippen LogP contribution >= 0.6 is 0 Å². The normalized spacial score (nSPS) is 9.69. The monoisotopic (exact) mass is 221 g/mol. The first-order chi connectivity index (χ1) is 7.49. The van der Waals surface area contributed by atoms with Gasteiger partial charge in [-0.25, -0.2) is 14.8 Å². The number of hydrogen-bond acceptors (Lipinski definition) is 4. The lowest BCUT2D eigenvalue weighted by Crippen LogP contribution is -2.09. The lowest BCUT2D eigenvalue weighted by atomic mass is 10.3. The fraction of sp³-hybridized carbons (Fsp3) is 0.364. The Morgan fingerprint density at radius 2 is 2.19 bits per heavy atom. The number of carboxylic acid groups (broad SMARTS) is 1. The second-order valence-electron chi connectivity index (χ2n) is 3.69. The smallest absolute Gasteiger partial charge is 0.354 e. The molecule has 0 radical (unpaired) electrons. The van der Waals surface area contributed by atoms with Crippen molar-refractivity contribution >= 4 is 11.9 Å². The van der Waals surface area contributed by atoms with Crippen molar-refractivity contribution in [2.45, 2.75) is 20.8 Å². The van der Waals surface area contributed by atoms with Gasteiger partial charge in [-0.1, -0.05) is 11.6 Å². The van der Waals surface area contributed by atoms with Gasteiger partial charge in [-0.15, -0.1) is 0 Å². The van der Waals surface area contributed by atoms with E-state index >= 15 is 0 Å². The van der Waals surface area contributed by atoms with E-state index in [0.29, 0.717) is 18.2 Å². The zero-order chi connectivity index (χ0) is 12.1. The molecule has 0 aliphatic heterocycles. The van der Waals surface area contributed by atoms with Crippen molar-refractivity contribution in [3.8, 4) is 0 Å². The van der Waals surface area contributed by atoms with Crippen LogP contribution in [0.25, 0.3) is 0 Å². The van der Waals surface area contributed by atoms with E-state index in [-0.39, 0.29) is 5.69 Å². The minimum Gasteiger partial charge on any atom is -0.477 e. The van der Waals surface area contributed by atoms with Crippen LogP contribution in [-0.2, 0) is 0 Å². The highest BCUT2D eigenvalue weighted by molar-refractivity contribution is 5.85. The first-order valence-corrected chi connectivity index (χ1v) is 4.95. The Morgan fingerprint density at radius 3 is 2.75 bits per heavy atom. The number of nitrogens with zero attached hydrogens (tertiary/aromatic N) is 2. The fourth-order valence-electron chi connectivity index (χ4n) is 1.10. The minimum absolute atomic E-state index is 0.00667. The van der Waals surface area contributed by atoms with E-state index in [0.717, 1.165) is 0 Å². The Labute approximate surface area is 94.2 Å². The van der Waals surface area contributed by atoms with E-state index in [2.05, 4.69) is 15.3 Å². The number of rotatable bonds is 4. The molecule has 0 aliphatic carbocycles. The largest absolute Gasteiger partial charge is 0.477 e. The molecule has 0 unspecified atom stereocenters. The maximum Gasteiger partial charge on any atom is 0.354 e. The second kappa shape index (κ2) is 5.25. The number of carboxylic acids is 1. The summed E-state index contributed by atoms with van der Waals surface area (Å²) in [5.74, 6) is -0.703. The highest BCUT2D eigenvalue weighted by Gasteiger charge is 2.07. The Morgan fingerprint density at radius 1 is 1.50 bits per heavy atom. The minimum atomic E-state index is -1.05. The van der Waals surface area contributed by atoms with Gasteiger partial charge in [0.05, 0.1) is 0 Å². The van der Waals surface area contributed by atoms with Gasteiger partial charge in [0.2, 0.25) is 5.95 Å². The lowest BCUT2D eigenvalue weighted by Gasteiger charge is -2.04. The lowest BCUT2D eigenvalue weighted by molar-refractivity contribution is 0.0690. The van der Waals surface area contributed by atoms with Crippen molar-refractivity contribution < 1.29 is 9.90 Å². The summed E-state index contributed by atoms with van der Waals surface area (Å²) >= 11 is 0. The molecule has 0 atom stereocenters. The Hall–Kier alpha value is -1.91. The SMILES string of the molecule is CC(C)=CCNc1nc(C)cc(C(=O)O)n1. The molecule has 5 heteroatoms. The summed E-state index contributed by atoms with van der Waals surface area (Å²) < 4.78 is 0. The molecule has 5 nitrogen and oxygen atoms in total. The summed E-state index contributed by atoms with van der Waals surface area (Å²) in [6, 6.07) is 1.44. The molecule has 86 valence electrons. The van der Waals surface area contributed by atoms with E-state index in [1.165, 1.54) is 11.6 Å². The molecule has 16 heavy (non-hydrogen) atoms. The molecule has 0 amide bonds. The van der Waals surface area contributed by atoms with E-state index in [4.69, 9.17) is 5.11 Å². The molecule has 0 aliphatic rings. The van der Waals surface area contributed by atoms with Crippen LogP contribution in [0.4, 0.5) is 5.95 Å². The molecule has 0 saturated heterocycles. The van der Waals surface area contributed by atoms with Crippen molar-refractivity contribution in [1.29, 1.82) is 0 Å². The fourth-order valence-corrected chi connectivity index (χ4v) is 1.10. The third kappa shape index (κ3) is 3.68. The topological polar surface area (TPSA) is 75.1 Å². The Bertz CT molecular complexity index is 423. The molecule has 0 bridgehead atoms. The molecule has 1 aromatic heterocycles. The van der Waals surface area contributed by atoms with E-state index in [1.54, 1.807) is 6.92 Å². The van der Waals surface area contributed by atoms with Gasteiger partial charge in [-0.2, -0.15) is 0 Å². The molecule has 0 fully saturated rings. The van der Waals surface area contributed by atoms with Crippen LogP contribution in [0, 0.1) is 6.92 Å². The number of allylic oxidation sites excluding steroid dienone is 1. The van der Waals surface area contributed by atoms with Crippen molar-refractivity contribution in [3.63, 3.8) is 0 Å². The van der Waals surface area contributed by atoms with Crippen LogP contribution in [0.1, 0.15) is 30.0 Å². The maximum atomic E-state index is 10.8. The quantitative estimate of drug-likeness (QED) is 0.759. The zero-order valence-electron chi connectivity index (χ0n) is 9.61. The van der Waals surface area contributed by atoms with Crippen molar-refractivity contribution in [2.75, 3.05) is 11.9 Å². The van der Waals surface area contributed by atoms with Crippen LogP contribution in [0.3, 0.4) is 0 Å². The summed E-state index contributed by atoms with van der Waals surface area (Å²) in [4.78, 5) is 18.7. The molecule has 1 heterocycles. The van der Waals surface area contributed by atoms with Gasteiger partial charge in [0, 0.05) is 12.2 Å². The number of aromatic nitrogens is 2. The van der Waals surface area contributed by atoms with Crippen LogP contribution in [-0.4, -0.2) is 27.6 Å². The third-order valence-corrected chi connectivity index (χ3v) is 1.84. The van der Waals surface area contributed by atoms with Gasteiger partial charge in [0.25, 0.3) is 0 Å². The summed E-state index contributed by atoms with van der Waals surface area (Å²) in [7, 11) is 0. The van der Waals surface area contributed by atoms with E-state index < -0.39 is 5.97 Å². The summed E-state index contributed by atoms with van der Waals surface area (Å²) in [6.45, 7) is 6.30. The van der Waals surface area contributed by atoms with Crippen LogP contribution < -0.4 is 5.32 Å². The van der Waals surface area contributed by atoms with Crippen molar-refractivity contribution in [2.24, 2.45) is 0 Å². The highest BCUT2D eigenvalue weighted by Crippen LogP contribution is 2.04. The molecule has 0 spiro atoms. The molecule has 1 rings (SSSR count). The van der Waals surface area contributed by atoms with Gasteiger partial charge in [0.15, 0.2) is 5.69 Å². The zero-order valence-corrected chi connectivity index (χ0v) is 9.61. The predicted molar refractivity (Wildman–Crippen MR) is 61.6 cm³/mol. The average Bonchev–Trinajstić information content (AvgIpc) is 2.16. The highest BCUT2D eigenvalue weighted by atomic mass is 16.4. The van der Waals surface area contributed by atoms with Crippen molar-refractivity contribution in [1.82, 2.24) is 9.97 Å². The van der Waals surface area contributed by atoms with Gasteiger partial charge in [-0.3, -0.25) is 0 Å².